The summed E-state index contributed by atoms with van der Waals surface area (Å²) < 4.78 is 2.22. The van der Waals surface area contributed by atoms with E-state index < -0.39 is 0 Å². The molecule has 1 N–H and O–H groups in total. The van der Waals surface area contributed by atoms with E-state index in [-0.39, 0.29) is 5.91 Å². The van der Waals surface area contributed by atoms with Gasteiger partial charge < -0.3 is 9.88 Å². The van der Waals surface area contributed by atoms with Crippen LogP contribution in [-0.4, -0.2) is 25.7 Å². The van der Waals surface area contributed by atoms with Crippen LogP contribution < -0.4 is 5.32 Å². The first kappa shape index (κ1) is 19.6. The van der Waals surface area contributed by atoms with Gasteiger partial charge in [-0.2, -0.15) is 0 Å². The molecule has 0 saturated carbocycles. The minimum atomic E-state index is -0.151. The van der Waals surface area contributed by atoms with E-state index in [0.717, 1.165) is 65.0 Å². The molecular weight excluding hydrogens is 406 g/mol. The van der Waals surface area contributed by atoms with Gasteiger partial charge in [0.15, 0.2) is 5.82 Å². The molecule has 2 aromatic heterocycles. The Bertz CT molecular complexity index is 1230. The molecule has 0 radical (unpaired) electrons. The molecule has 1 amide bonds. The van der Waals surface area contributed by atoms with Crippen LogP contribution in [0.3, 0.4) is 0 Å². The van der Waals surface area contributed by atoms with Crippen molar-refractivity contribution in [1.82, 2.24) is 19.7 Å². The Morgan fingerprint density at radius 3 is 2.71 bits per heavy atom. The standard InChI is InChI=1S/C24H23N5OS/c1-16-25-21(17-9-4-2-5-10-17)22(31-16)24(30)26-19-12-8-11-18(15-19)23-28-27-20-13-6-3-7-14-29(20)23/h2,4-5,8-12,15H,3,6-7,13-14H2,1H3,(H,26,30). The van der Waals surface area contributed by atoms with Crippen molar-refractivity contribution in [2.75, 3.05) is 5.32 Å². The largest absolute Gasteiger partial charge is 0.321 e. The van der Waals surface area contributed by atoms with Gasteiger partial charge in [-0.25, -0.2) is 4.98 Å². The van der Waals surface area contributed by atoms with Crippen molar-refractivity contribution in [1.29, 1.82) is 0 Å². The van der Waals surface area contributed by atoms with Crippen LogP contribution in [0.5, 0.6) is 0 Å². The van der Waals surface area contributed by atoms with E-state index in [0.29, 0.717) is 4.88 Å². The van der Waals surface area contributed by atoms with Crippen LogP contribution in [0.2, 0.25) is 0 Å². The van der Waals surface area contributed by atoms with Gasteiger partial charge in [0.1, 0.15) is 10.7 Å². The lowest BCUT2D eigenvalue weighted by molar-refractivity contribution is 0.103. The molecule has 0 atom stereocenters. The lowest BCUT2D eigenvalue weighted by Gasteiger charge is -2.09. The molecule has 0 unspecified atom stereocenters. The average Bonchev–Trinajstić information content (AvgIpc) is 3.30. The van der Waals surface area contributed by atoms with Gasteiger partial charge >= 0.3 is 0 Å². The third kappa shape index (κ3) is 4.01. The minimum absolute atomic E-state index is 0.151. The van der Waals surface area contributed by atoms with Crippen molar-refractivity contribution in [3.63, 3.8) is 0 Å². The molecule has 0 saturated heterocycles. The zero-order chi connectivity index (χ0) is 21.2. The zero-order valence-electron chi connectivity index (χ0n) is 17.3. The van der Waals surface area contributed by atoms with E-state index in [1.807, 2.05) is 61.5 Å². The van der Waals surface area contributed by atoms with Gasteiger partial charge in [0.05, 0.1) is 10.7 Å². The van der Waals surface area contributed by atoms with Crippen LogP contribution in [0.4, 0.5) is 5.69 Å². The van der Waals surface area contributed by atoms with Gasteiger partial charge in [-0.05, 0) is 31.9 Å². The number of amides is 1. The van der Waals surface area contributed by atoms with Gasteiger partial charge in [-0.1, -0.05) is 48.9 Å². The van der Waals surface area contributed by atoms with Crippen molar-refractivity contribution < 1.29 is 4.79 Å². The maximum atomic E-state index is 13.1. The number of nitrogens with one attached hydrogen (secondary N) is 1. The molecule has 3 heterocycles. The summed E-state index contributed by atoms with van der Waals surface area (Å²) in [6, 6.07) is 17.6. The van der Waals surface area contributed by atoms with Gasteiger partial charge in [0.25, 0.3) is 5.91 Å². The summed E-state index contributed by atoms with van der Waals surface area (Å²) in [4.78, 5) is 18.3. The Labute approximate surface area is 185 Å². The van der Waals surface area contributed by atoms with Crippen LogP contribution >= 0.6 is 11.3 Å². The van der Waals surface area contributed by atoms with E-state index in [1.54, 1.807) is 0 Å². The van der Waals surface area contributed by atoms with Crippen LogP contribution in [0.25, 0.3) is 22.6 Å². The number of carbonyl (C=O) groups excluding carboxylic acids is 1. The van der Waals surface area contributed by atoms with Crippen LogP contribution in [0, 0.1) is 6.92 Å². The molecule has 0 aliphatic carbocycles. The average molecular weight is 430 g/mol. The number of aryl methyl sites for hydroxylation is 2. The molecular formula is C24H23N5OS. The molecule has 1 aliphatic rings. The molecule has 2 aromatic carbocycles. The fourth-order valence-corrected chi connectivity index (χ4v) is 4.83. The maximum absolute atomic E-state index is 13.1. The molecule has 0 bridgehead atoms. The second-order valence-corrected chi connectivity index (χ2v) is 8.92. The summed E-state index contributed by atoms with van der Waals surface area (Å²) in [5, 5.41) is 12.8. The van der Waals surface area contributed by atoms with Crippen molar-refractivity contribution in [3.8, 4) is 22.6 Å². The van der Waals surface area contributed by atoms with Gasteiger partial charge in [0.2, 0.25) is 0 Å². The summed E-state index contributed by atoms with van der Waals surface area (Å²) in [5.74, 6) is 1.77. The highest BCUT2D eigenvalue weighted by Crippen LogP contribution is 2.30. The van der Waals surface area contributed by atoms with E-state index in [2.05, 4.69) is 25.1 Å². The summed E-state index contributed by atoms with van der Waals surface area (Å²) in [7, 11) is 0. The number of carbonyl (C=O) groups is 1. The predicted molar refractivity (Wildman–Crippen MR) is 123 cm³/mol. The number of anilines is 1. The van der Waals surface area contributed by atoms with Crippen LogP contribution in [0.1, 0.15) is 39.8 Å². The summed E-state index contributed by atoms with van der Waals surface area (Å²) in [6.07, 6.45) is 4.49. The maximum Gasteiger partial charge on any atom is 0.268 e. The summed E-state index contributed by atoms with van der Waals surface area (Å²) >= 11 is 1.41. The molecule has 7 heteroatoms. The molecule has 6 nitrogen and oxygen atoms in total. The Kier molecular flexibility index (Phi) is 5.34. The van der Waals surface area contributed by atoms with E-state index in [4.69, 9.17) is 0 Å². The smallest absolute Gasteiger partial charge is 0.268 e. The second kappa shape index (κ2) is 8.43. The highest BCUT2D eigenvalue weighted by molar-refractivity contribution is 7.14. The van der Waals surface area contributed by atoms with Gasteiger partial charge in [0, 0.05) is 29.8 Å². The fraction of sp³-hybridized carbons (Fsp3) is 0.250. The Balaban J connectivity index is 1.43. The lowest BCUT2D eigenvalue weighted by atomic mass is 10.1. The van der Waals surface area contributed by atoms with Crippen molar-refractivity contribution in [3.05, 3.63) is 70.3 Å². The van der Waals surface area contributed by atoms with E-state index >= 15 is 0 Å². The zero-order valence-corrected chi connectivity index (χ0v) is 18.2. The number of benzene rings is 2. The number of fused-ring (bicyclic) bond motifs is 1. The first-order valence-electron chi connectivity index (χ1n) is 10.6. The normalized spacial score (nSPS) is 13.5. The molecule has 5 rings (SSSR count). The molecule has 1 aliphatic heterocycles. The predicted octanol–water partition coefficient (Wildman–Crippen LogP) is 5.36. The van der Waals surface area contributed by atoms with Gasteiger partial charge in [-0.15, -0.1) is 21.5 Å². The molecule has 31 heavy (non-hydrogen) atoms. The number of aromatic nitrogens is 4. The first-order valence-corrected chi connectivity index (χ1v) is 11.4. The SMILES string of the molecule is Cc1nc(-c2ccccc2)c(C(=O)Nc2cccc(-c3nnc4n3CCCCC4)c2)s1. The quantitative estimate of drug-likeness (QED) is 0.474. The number of rotatable bonds is 4. The Hall–Kier alpha value is -3.32. The Morgan fingerprint density at radius 1 is 1.00 bits per heavy atom. The monoisotopic (exact) mass is 429 g/mol. The Morgan fingerprint density at radius 2 is 1.84 bits per heavy atom. The highest BCUT2D eigenvalue weighted by Gasteiger charge is 2.20. The summed E-state index contributed by atoms with van der Waals surface area (Å²) in [5.41, 5.74) is 3.36. The third-order valence-corrected chi connectivity index (χ3v) is 6.45. The number of hydrogen-bond acceptors (Lipinski definition) is 5. The minimum Gasteiger partial charge on any atom is -0.321 e. The fourth-order valence-electron chi connectivity index (χ4n) is 4.00. The second-order valence-electron chi connectivity index (χ2n) is 7.71. The molecule has 156 valence electrons. The third-order valence-electron chi connectivity index (χ3n) is 5.48. The number of hydrogen-bond donors (Lipinski definition) is 1. The van der Waals surface area contributed by atoms with Crippen LogP contribution in [0.15, 0.2) is 54.6 Å². The number of thiazole rings is 1. The first-order chi connectivity index (χ1) is 15.2. The number of nitrogens with zero attached hydrogens (tertiary/aromatic N) is 4. The topological polar surface area (TPSA) is 72.7 Å². The van der Waals surface area contributed by atoms with Crippen LogP contribution in [-0.2, 0) is 13.0 Å². The highest BCUT2D eigenvalue weighted by atomic mass is 32.1. The molecule has 4 aromatic rings. The summed E-state index contributed by atoms with van der Waals surface area (Å²) in [6.45, 7) is 2.86. The van der Waals surface area contributed by atoms with Crippen molar-refractivity contribution in [2.24, 2.45) is 0 Å². The molecule has 0 spiro atoms. The van der Waals surface area contributed by atoms with Gasteiger partial charge in [-0.3, -0.25) is 4.79 Å². The van der Waals surface area contributed by atoms with E-state index in [1.165, 1.54) is 17.8 Å². The lowest BCUT2D eigenvalue weighted by Crippen LogP contribution is -2.11. The van der Waals surface area contributed by atoms with E-state index in [9.17, 15) is 4.79 Å². The van der Waals surface area contributed by atoms with Crippen molar-refractivity contribution >= 4 is 22.9 Å². The molecule has 0 fully saturated rings. The van der Waals surface area contributed by atoms with Crippen molar-refractivity contribution in [2.45, 2.75) is 39.2 Å².